The van der Waals surface area contributed by atoms with E-state index in [4.69, 9.17) is 9.72 Å². The van der Waals surface area contributed by atoms with Crippen LogP contribution in [0.2, 0.25) is 0 Å². The summed E-state index contributed by atoms with van der Waals surface area (Å²) >= 11 is 0. The molecule has 1 unspecified atom stereocenters. The highest BCUT2D eigenvalue weighted by Crippen LogP contribution is 2.31. The number of piperazine rings is 1. The lowest BCUT2D eigenvalue weighted by molar-refractivity contribution is 0.151. The Labute approximate surface area is 189 Å². The van der Waals surface area contributed by atoms with Crippen LogP contribution < -0.4 is 10.1 Å². The topological polar surface area (TPSA) is 73.8 Å². The van der Waals surface area contributed by atoms with E-state index >= 15 is 0 Å². The smallest absolute Gasteiger partial charge is 0.161 e. The van der Waals surface area contributed by atoms with Crippen molar-refractivity contribution in [2.24, 2.45) is 0 Å². The second kappa shape index (κ2) is 10.4. The molecule has 1 aromatic heterocycles. The molecule has 0 bridgehead atoms. The van der Waals surface area contributed by atoms with Gasteiger partial charge in [-0.25, -0.2) is 4.98 Å². The fraction of sp³-hybridized carbons (Fsp3) is 0.360. The maximum atomic E-state index is 9.88. The molecule has 0 aliphatic carbocycles. The standard InChI is InChI=1S/C25H31N5O2/c1-29-12-14-30(15-13-29)11-10-21(19-6-4-3-5-7-19)27-25-18-26-17-22(28-25)20-8-9-23(31)24(16-20)32-2/h3-9,16-18,21,31H,10-15H2,1-2H3,(H,27,28). The molecule has 0 spiro atoms. The Morgan fingerprint density at radius 3 is 2.59 bits per heavy atom. The van der Waals surface area contributed by atoms with Crippen molar-refractivity contribution in [1.82, 2.24) is 19.8 Å². The van der Waals surface area contributed by atoms with Crippen LogP contribution in [-0.4, -0.2) is 71.8 Å². The summed E-state index contributed by atoms with van der Waals surface area (Å²) in [6, 6.07) is 15.8. The van der Waals surface area contributed by atoms with Gasteiger partial charge in [0.1, 0.15) is 5.82 Å². The molecule has 7 heteroatoms. The van der Waals surface area contributed by atoms with Gasteiger partial charge in [0.2, 0.25) is 0 Å². The molecule has 4 rings (SSSR count). The molecule has 1 aliphatic rings. The first kappa shape index (κ1) is 22.0. The van der Waals surface area contributed by atoms with E-state index in [0.717, 1.165) is 56.2 Å². The summed E-state index contributed by atoms with van der Waals surface area (Å²) in [4.78, 5) is 14.1. The summed E-state index contributed by atoms with van der Waals surface area (Å²) in [5.74, 6) is 1.24. The maximum Gasteiger partial charge on any atom is 0.161 e. The highest BCUT2D eigenvalue weighted by atomic mass is 16.5. The summed E-state index contributed by atoms with van der Waals surface area (Å²) in [5, 5.41) is 13.5. The highest BCUT2D eigenvalue weighted by molar-refractivity contribution is 5.64. The molecule has 2 heterocycles. The second-order valence-corrected chi connectivity index (χ2v) is 8.22. The zero-order valence-corrected chi connectivity index (χ0v) is 18.7. The Bertz CT molecular complexity index is 1010. The molecule has 1 saturated heterocycles. The summed E-state index contributed by atoms with van der Waals surface area (Å²) in [6.45, 7) is 5.48. The van der Waals surface area contributed by atoms with E-state index in [9.17, 15) is 5.11 Å². The molecule has 0 saturated carbocycles. The molecular formula is C25H31N5O2. The third kappa shape index (κ3) is 5.55. The van der Waals surface area contributed by atoms with Crippen LogP contribution >= 0.6 is 0 Å². The lowest BCUT2D eigenvalue weighted by Crippen LogP contribution is -2.45. The zero-order valence-electron chi connectivity index (χ0n) is 18.7. The van der Waals surface area contributed by atoms with Crippen molar-refractivity contribution in [2.75, 3.05) is 52.2 Å². The molecule has 0 amide bonds. The van der Waals surface area contributed by atoms with Crippen LogP contribution in [0.25, 0.3) is 11.3 Å². The first-order chi connectivity index (χ1) is 15.6. The van der Waals surface area contributed by atoms with Gasteiger partial charge >= 0.3 is 0 Å². The second-order valence-electron chi connectivity index (χ2n) is 8.22. The number of benzene rings is 2. The van der Waals surface area contributed by atoms with Crippen LogP contribution in [0.5, 0.6) is 11.5 Å². The van der Waals surface area contributed by atoms with Crippen LogP contribution in [0, 0.1) is 0 Å². The number of phenols is 1. The number of nitrogens with zero attached hydrogens (tertiary/aromatic N) is 4. The minimum atomic E-state index is 0.103. The van der Waals surface area contributed by atoms with E-state index in [-0.39, 0.29) is 11.8 Å². The Morgan fingerprint density at radius 1 is 1.06 bits per heavy atom. The van der Waals surface area contributed by atoms with Gasteiger partial charge in [-0.1, -0.05) is 30.3 Å². The Morgan fingerprint density at radius 2 is 1.84 bits per heavy atom. The Kier molecular flexibility index (Phi) is 7.19. The minimum Gasteiger partial charge on any atom is -0.504 e. The van der Waals surface area contributed by atoms with E-state index in [1.807, 2.05) is 12.1 Å². The van der Waals surface area contributed by atoms with E-state index in [0.29, 0.717) is 5.75 Å². The van der Waals surface area contributed by atoms with Gasteiger partial charge in [-0.3, -0.25) is 4.98 Å². The molecule has 1 fully saturated rings. The molecule has 2 N–H and O–H groups in total. The van der Waals surface area contributed by atoms with Gasteiger partial charge in [0, 0.05) is 38.3 Å². The monoisotopic (exact) mass is 433 g/mol. The van der Waals surface area contributed by atoms with Crippen LogP contribution in [0.4, 0.5) is 5.82 Å². The first-order valence-electron chi connectivity index (χ1n) is 11.0. The average Bonchev–Trinajstić information content (AvgIpc) is 2.84. The van der Waals surface area contributed by atoms with Gasteiger partial charge < -0.3 is 25.0 Å². The normalized spacial score (nSPS) is 15.9. The number of ether oxygens (including phenoxy) is 1. The predicted molar refractivity (Wildman–Crippen MR) is 127 cm³/mol. The van der Waals surface area contributed by atoms with Crippen molar-refractivity contribution in [3.63, 3.8) is 0 Å². The number of anilines is 1. The van der Waals surface area contributed by atoms with Gasteiger partial charge in [0.15, 0.2) is 11.5 Å². The summed E-state index contributed by atoms with van der Waals surface area (Å²) < 4.78 is 5.23. The fourth-order valence-corrected chi connectivity index (χ4v) is 3.98. The number of methoxy groups -OCH3 is 1. The Hall–Kier alpha value is -3.16. The summed E-state index contributed by atoms with van der Waals surface area (Å²) in [5.41, 5.74) is 2.80. The molecule has 32 heavy (non-hydrogen) atoms. The van der Waals surface area contributed by atoms with E-state index in [1.54, 1.807) is 24.5 Å². The minimum absolute atomic E-state index is 0.103. The lowest BCUT2D eigenvalue weighted by atomic mass is 10.0. The SMILES string of the molecule is COc1cc(-c2cncc(NC(CCN3CCN(C)CC3)c3ccccc3)n2)ccc1O. The molecule has 0 radical (unpaired) electrons. The molecular weight excluding hydrogens is 402 g/mol. The number of nitrogens with one attached hydrogen (secondary N) is 1. The molecule has 2 aromatic carbocycles. The molecule has 1 aliphatic heterocycles. The number of hydrogen-bond donors (Lipinski definition) is 2. The van der Waals surface area contributed by atoms with Crippen LogP contribution in [0.1, 0.15) is 18.0 Å². The maximum absolute atomic E-state index is 9.88. The number of rotatable bonds is 8. The number of likely N-dealkylation sites (N-methyl/N-ethyl adjacent to an activating group) is 1. The molecule has 7 nitrogen and oxygen atoms in total. The van der Waals surface area contributed by atoms with Crippen LogP contribution in [0.15, 0.2) is 60.9 Å². The third-order valence-corrected chi connectivity index (χ3v) is 5.96. The average molecular weight is 434 g/mol. The summed E-state index contributed by atoms with van der Waals surface area (Å²) in [6.07, 6.45) is 4.46. The van der Waals surface area contributed by atoms with Crippen molar-refractivity contribution in [2.45, 2.75) is 12.5 Å². The lowest BCUT2D eigenvalue weighted by Gasteiger charge is -2.33. The largest absolute Gasteiger partial charge is 0.504 e. The van der Waals surface area contributed by atoms with Gasteiger partial charge in [0.05, 0.1) is 31.2 Å². The fourth-order valence-electron chi connectivity index (χ4n) is 3.98. The van der Waals surface area contributed by atoms with E-state index < -0.39 is 0 Å². The molecule has 1 atom stereocenters. The van der Waals surface area contributed by atoms with E-state index in [2.05, 4.69) is 51.4 Å². The van der Waals surface area contributed by atoms with Crippen molar-refractivity contribution >= 4 is 5.82 Å². The Balaban J connectivity index is 1.51. The van der Waals surface area contributed by atoms with Crippen molar-refractivity contribution in [1.29, 1.82) is 0 Å². The number of aromatic hydroxyl groups is 1. The van der Waals surface area contributed by atoms with Crippen LogP contribution in [-0.2, 0) is 0 Å². The van der Waals surface area contributed by atoms with Crippen molar-refractivity contribution < 1.29 is 9.84 Å². The van der Waals surface area contributed by atoms with Gasteiger partial charge in [-0.2, -0.15) is 0 Å². The zero-order chi connectivity index (χ0) is 22.3. The number of aromatic nitrogens is 2. The van der Waals surface area contributed by atoms with Gasteiger partial charge in [0.25, 0.3) is 0 Å². The molecule has 168 valence electrons. The highest BCUT2D eigenvalue weighted by Gasteiger charge is 2.18. The number of phenolic OH excluding ortho intramolecular Hbond substituents is 1. The van der Waals surface area contributed by atoms with Gasteiger partial charge in [-0.15, -0.1) is 0 Å². The van der Waals surface area contributed by atoms with Crippen LogP contribution in [0.3, 0.4) is 0 Å². The quantitative estimate of drug-likeness (QED) is 0.562. The third-order valence-electron chi connectivity index (χ3n) is 5.96. The molecule has 3 aromatic rings. The predicted octanol–water partition coefficient (Wildman–Crippen LogP) is 3.65. The summed E-state index contributed by atoms with van der Waals surface area (Å²) in [7, 11) is 3.72. The first-order valence-corrected chi connectivity index (χ1v) is 11.0. The van der Waals surface area contributed by atoms with Gasteiger partial charge in [-0.05, 0) is 37.2 Å². The van der Waals surface area contributed by atoms with Crippen molar-refractivity contribution in [3.8, 4) is 22.8 Å². The van der Waals surface area contributed by atoms with E-state index in [1.165, 1.54) is 12.7 Å². The number of hydrogen-bond acceptors (Lipinski definition) is 7. The van der Waals surface area contributed by atoms with Crippen molar-refractivity contribution in [3.05, 3.63) is 66.5 Å².